The topological polar surface area (TPSA) is 67.9 Å². The predicted molar refractivity (Wildman–Crippen MR) is 77.2 cm³/mol. The Labute approximate surface area is 124 Å². The van der Waals surface area contributed by atoms with Crippen molar-refractivity contribution in [3.8, 4) is 11.5 Å². The van der Waals surface area contributed by atoms with Gasteiger partial charge in [-0.25, -0.2) is 0 Å². The Bertz CT molecular complexity index is 544. The standard InChI is InChI=1S/C15H20N2O4/c1-4-17-14(18)8-11(15(17)19)16-9-10-5-6-12(20-2)13(7-10)21-3/h5-7,11,16H,4,8-9H2,1-3H3. The van der Waals surface area contributed by atoms with Crippen molar-refractivity contribution in [1.82, 2.24) is 10.2 Å². The molecule has 0 radical (unpaired) electrons. The molecular weight excluding hydrogens is 272 g/mol. The average molecular weight is 292 g/mol. The third-order valence-electron chi connectivity index (χ3n) is 3.56. The summed E-state index contributed by atoms with van der Waals surface area (Å²) in [5, 5.41) is 3.12. The number of nitrogens with zero attached hydrogens (tertiary/aromatic N) is 1. The van der Waals surface area contributed by atoms with Gasteiger partial charge in [-0.1, -0.05) is 6.07 Å². The van der Waals surface area contributed by atoms with Crippen LogP contribution in [0, 0.1) is 0 Å². The maximum absolute atomic E-state index is 12.0. The summed E-state index contributed by atoms with van der Waals surface area (Å²) in [7, 11) is 3.16. The van der Waals surface area contributed by atoms with Gasteiger partial charge in [-0.3, -0.25) is 14.5 Å². The summed E-state index contributed by atoms with van der Waals surface area (Å²) in [6.45, 7) is 2.71. The van der Waals surface area contributed by atoms with Crippen LogP contribution < -0.4 is 14.8 Å². The Kier molecular flexibility index (Phi) is 4.80. The van der Waals surface area contributed by atoms with E-state index in [9.17, 15) is 9.59 Å². The number of nitrogens with one attached hydrogen (secondary N) is 1. The molecule has 1 heterocycles. The first-order chi connectivity index (χ1) is 10.1. The van der Waals surface area contributed by atoms with Crippen molar-refractivity contribution in [3.63, 3.8) is 0 Å². The van der Waals surface area contributed by atoms with E-state index in [2.05, 4.69) is 5.32 Å². The zero-order valence-corrected chi connectivity index (χ0v) is 12.5. The van der Waals surface area contributed by atoms with Crippen LogP contribution >= 0.6 is 0 Å². The van der Waals surface area contributed by atoms with E-state index < -0.39 is 6.04 Å². The van der Waals surface area contributed by atoms with Crippen LogP contribution in [0.3, 0.4) is 0 Å². The number of likely N-dealkylation sites (tertiary alicyclic amines) is 1. The molecule has 0 spiro atoms. The molecule has 21 heavy (non-hydrogen) atoms. The normalized spacial score (nSPS) is 18.2. The van der Waals surface area contributed by atoms with Gasteiger partial charge in [0.15, 0.2) is 11.5 Å². The fourth-order valence-electron chi connectivity index (χ4n) is 2.41. The van der Waals surface area contributed by atoms with Crippen LogP contribution in [0.2, 0.25) is 0 Å². The van der Waals surface area contributed by atoms with Crippen LogP contribution in [-0.4, -0.2) is 43.5 Å². The second-order valence-electron chi connectivity index (χ2n) is 4.80. The molecule has 1 fully saturated rings. The van der Waals surface area contributed by atoms with Crippen LogP contribution in [-0.2, 0) is 16.1 Å². The van der Waals surface area contributed by atoms with Crippen LogP contribution in [0.15, 0.2) is 18.2 Å². The van der Waals surface area contributed by atoms with Gasteiger partial charge in [0.25, 0.3) is 0 Å². The molecule has 114 valence electrons. The molecule has 1 aliphatic rings. The SMILES string of the molecule is CCN1C(=O)CC(NCc2ccc(OC)c(OC)c2)C1=O. The van der Waals surface area contributed by atoms with Crippen molar-refractivity contribution in [3.05, 3.63) is 23.8 Å². The van der Waals surface area contributed by atoms with E-state index in [0.717, 1.165) is 5.56 Å². The molecule has 1 aromatic rings. The van der Waals surface area contributed by atoms with Gasteiger partial charge >= 0.3 is 0 Å². The number of amides is 2. The number of carbonyl (C=O) groups excluding carboxylic acids is 2. The molecule has 0 saturated carbocycles. The number of imide groups is 1. The Morgan fingerprint density at radius 3 is 2.52 bits per heavy atom. The maximum Gasteiger partial charge on any atom is 0.246 e. The van der Waals surface area contributed by atoms with Crippen LogP contribution in [0.4, 0.5) is 0 Å². The summed E-state index contributed by atoms with van der Waals surface area (Å²) in [5.41, 5.74) is 0.961. The summed E-state index contributed by atoms with van der Waals surface area (Å²) < 4.78 is 10.4. The molecule has 0 aliphatic carbocycles. The van der Waals surface area contributed by atoms with E-state index in [-0.39, 0.29) is 18.2 Å². The van der Waals surface area contributed by atoms with Crippen molar-refractivity contribution in [2.45, 2.75) is 25.9 Å². The third kappa shape index (κ3) is 3.16. The molecule has 1 aromatic carbocycles. The lowest BCUT2D eigenvalue weighted by Gasteiger charge is -2.14. The second kappa shape index (κ2) is 6.58. The number of benzene rings is 1. The highest BCUT2D eigenvalue weighted by Gasteiger charge is 2.36. The van der Waals surface area contributed by atoms with E-state index in [1.165, 1.54) is 4.90 Å². The van der Waals surface area contributed by atoms with E-state index in [1.807, 2.05) is 18.2 Å². The van der Waals surface area contributed by atoms with Gasteiger partial charge in [0.1, 0.15) is 0 Å². The lowest BCUT2D eigenvalue weighted by molar-refractivity contribution is -0.138. The zero-order chi connectivity index (χ0) is 15.4. The Morgan fingerprint density at radius 2 is 1.95 bits per heavy atom. The molecule has 1 atom stereocenters. The Morgan fingerprint density at radius 1 is 1.24 bits per heavy atom. The molecule has 1 saturated heterocycles. The van der Waals surface area contributed by atoms with Crippen LogP contribution in [0.5, 0.6) is 11.5 Å². The quantitative estimate of drug-likeness (QED) is 0.790. The maximum atomic E-state index is 12.0. The van der Waals surface area contributed by atoms with Crippen molar-refractivity contribution >= 4 is 11.8 Å². The van der Waals surface area contributed by atoms with E-state index >= 15 is 0 Å². The first-order valence-corrected chi connectivity index (χ1v) is 6.89. The number of carbonyl (C=O) groups is 2. The predicted octanol–water partition coefficient (Wildman–Crippen LogP) is 0.941. The molecular formula is C15H20N2O4. The number of ether oxygens (including phenoxy) is 2. The Hall–Kier alpha value is -2.08. The molecule has 2 amide bonds. The highest BCUT2D eigenvalue weighted by atomic mass is 16.5. The number of hydrogen-bond acceptors (Lipinski definition) is 5. The molecule has 0 aromatic heterocycles. The summed E-state index contributed by atoms with van der Waals surface area (Å²) in [6, 6.07) is 5.12. The minimum atomic E-state index is -0.439. The smallest absolute Gasteiger partial charge is 0.246 e. The third-order valence-corrected chi connectivity index (χ3v) is 3.56. The summed E-state index contributed by atoms with van der Waals surface area (Å²) in [4.78, 5) is 24.9. The number of rotatable bonds is 6. The van der Waals surface area contributed by atoms with Gasteiger partial charge in [-0.2, -0.15) is 0 Å². The highest BCUT2D eigenvalue weighted by Crippen LogP contribution is 2.27. The molecule has 0 bridgehead atoms. The van der Waals surface area contributed by atoms with Crippen LogP contribution in [0.25, 0.3) is 0 Å². The van der Waals surface area contributed by atoms with E-state index in [1.54, 1.807) is 21.1 Å². The molecule has 1 aliphatic heterocycles. The van der Waals surface area contributed by atoms with Gasteiger partial charge < -0.3 is 14.8 Å². The van der Waals surface area contributed by atoms with Gasteiger partial charge in [-0.05, 0) is 24.6 Å². The monoisotopic (exact) mass is 292 g/mol. The van der Waals surface area contributed by atoms with Crippen molar-refractivity contribution in [1.29, 1.82) is 0 Å². The minimum Gasteiger partial charge on any atom is -0.493 e. The zero-order valence-electron chi connectivity index (χ0n) is 12.5. The van der Waals surface area contributed by atoms with Crippen molar-refractivity contribution < 1.29 is 19.1 Å². The largest absolute Gasteiger partial charge is 0.493 e. The van der Waals surface area contributed by atoms with Gasteiger partial charge in [0, 0.05) is 13.1 Å². The number of hydrogen-bond donors (Lipinski definition) is 1. The van der Waals surface area contributed by atoms with E-state index in [0.29, 0.717) is 24.6 Å². The summed E-state index contributed by atoms with van der Waals surface area (Å²) >= 11 is 0. The first-order valence-electron chi connectivity index (χ1n) is 6.89. The fraction of sp³-hybridized carbons (Fsp3) is 0.467. The number of likely N-dealkylation sites (N-methyl/N-ethyl adjacent to an activating group) is 1. The molecule has 1 unspecified atom stereocenters. The fourth-order valence-corrected chi connectivity index (χ4v) is 2.41. The van der Waals surface area contributed by atoms with Crippen molar-refractivity contribution in [2.75, 3.05) is 20.8 Å². The van der Waals surface area contributed by atoms with Gasteiger partial charge in [0.2, 0.25) is 11.8 Å². The Balaban J connectivity index is 2.01. The summed E-state index contributed by atoms with van der Waals surface area (Å²) in [6.07, 6.45) is 0.222. The van der Waals surface area contributed by atoms with E-state index in [4.69, 9.17) is 9.47 Å². The molecule has 1 N–H and O–H groups in total. The molecule has 6 heteroatoms. The lowest BCUT2D eigenvalue weighted by atomic mass is 10.1. The second-order valence-corrected chi connectivity index (χ2v) is 4.80. The highest BCUT2D eigenvalue weighted by molar-refractivity contribution is 6.05. The number of methoxy groups -OCH3 is 2. The molecule has 2 rings (SSSR count). The molecule has 6 nitrogen and oxygen atoms in total. The van der Waals surface area contributed by atoms with Crippen molar-refractivity contribution in [2.24, 2.45) is 0 Å². The first kappa shape index (κ1) is 15.3. The lowest BCUT2D eigenvalue weighted by Crippen LogP contribution is -2.38. The van der Waals surface area contributed by atoms with Gasteiger partial charge in [-0.15, -0.1) is 0 Å². The average Bonchev–Trinajstić information content (AvgIpc) is 2.78. The minimum absolute atomic E-state index is 0.118. The van der Waals surface area contributed by atoms with Crippen LogP contribution in [0.1, 0.15) is 18.9 Å². The van der Waals surface area contributed by atoms with Gasteiger partial charge in [0.05, 0.1) is 26.7 Å². The summed E-state index contributed by atoms with van der Waals surface area (Å²) in [5.74, 6) is 1.03.